The first-order chi connectivity index (χ1) is 7.78. The Morgan fingerprint density at radius 3 is 2.81 bits per heavy atom. The highest BCUT2D eigenvalue weighted by molar-refractivity contribution is 8.00. The fourth-order valence-electron chi connectivity index (χ4n) is 1.03. The largest absolute Gasteiger partial charge is 0.372 e. The molecule has 0 unspecified atom stereocenters. The normalized spacial score (nSPS) is 10.4. The van der Waals surface area contributed by atoms with Gasteiger partial charge in [-0.3, -0.25) is 4.98 Å². The first-order valence-electron chi connectivity index (χ1n) is 4.69. The van der Waals surface area contributed by atoms with E-state index in [9.17, 15) is 0 Å². The van der Waals surface area contributed by atoms with E-state index in [4.69, 9.17) is 0 Å². The molecule has 0 spiro atoms. The molecule has 5 nitrogen and oxygen atoms in total. The van der Waals surface area contributed by atoms with Crippen molar-refractivity contribution >= 4 is 29.1 Å². The van der Waals surface area contributed by atoms with Gasteiger partial charge in [0.1, 0.15) is 11.6 Å². The van der Waals surface area contributed by atoms with E-state index in [0.717, 1.165) is 27.4 Å². The van der Waals surface area contributed by atoms with Gasteiger partial charge in [0, 0.05) is 12.8 Å². The van der Waals surface area contributed by atoms with Crippen LogP contribution in [0.25, 0.3) is 0 Å². The SMILES string of the molecule is CNc1cnc(CSc2nc(C)ns2)cn1. The monoisotopic (exact) mass is 253 g/mol. The van der Waals surface area contributed by atoms with Crippen molar-refractivity contribution in [3.63, 3.8) is 0 Å². The van der Waals surface area contributed by atoms with Crippen molar-refractivity contribution in [1.82, 2.24) is 19.3 Å². The number of nitrogens with one attached hydrogen (secondary N) is 1. The minimum Gasteiger partial charge on any atom is -0.372 e. The third kappa shape index (κ3) is 2.89. The van der Waals surface area contributed by atoms with E-state index < -0.39 is 0 Å². The molecule has 7 heteroatoms. The lowest BCUT2D eigenvalue weighted by molar-refractivity contribution is 1.08. The molecule has 0 amide bonds. The molecular formula is C9H11N5S2. The zero-order chi connectivity index (χ0) is 11.4. The number of rotatable bonds is 4. The molecule has 0 aromatic carbocycles. The standard InChI is InChI=1S/C9H11N5S2/c1-6-13-9(16-14-6)15-5-7-3-12-8(10-2)4-11-7/h3-4H,5H2,1-2H3,(H,10,12). The molecule has 0 fully saturated rings. The molecule has 0 atom stereocenters. The van der Waals surface area contributed by atoms with Gasteiger partial charge in [-0.2, -0.15) is 4.37 Å². The lowest BCUT2D eigenvalue weighted by Gasteiger charge is -2.00. The first kappa shape index (κ1) is 11.3. The molecule has 2 aromatic rings. The second-order valence-corrected chi connectivity index (χ2v) is 5.01. The fraction of sp³-hybridized carbons (Fsp3) is 0.333. The highest BCUT2D eigenvalue weighted by atomic mass is 32.2. The predicted molar refractivity (Wildman–Crippen MR) is 65.8 cm³/mol. The minimum absolute atomic E-state index is 0.769. The van der Waals surface area contributed by atoms with Crippen LogP contribution < -0.4 is 5.32 Å². The Balaban J connectivity index is 1.94. The number of thioether (sulfide) groups is 1. The van der Waals surface area contributed by atoms with Crippen LogP contribution in [0, 0.1) is 6.92 Å². The first-order valence-corrected chi connectivity index (χ1v) is 6.45. The number of nitrogens with zero attached hydrogens (tertiary/aromatic N) is 4. The van der Waals surface area contributed by atoms with Crippen molar-refractivity contribution in [2.75, 3.05) is 12.4 Å². The van der Waals surface area contributed by atoms with Crippen LogP contribution in [0.4, 0.5) is 5.82 Å². The third-order valence-corrected chi connectivity index (χ3v) is 3.77. The van der Waals surface area contributed by atoms with Gasteiger partial charge in [-0.05, 0) is 18.5 Å². The van der Waals surface area contributed by atoms with Gasteiger partial charge in [-0.1, -0.05) is 11.8 Å². The summed E-state index contributed by atoms with van der Waals surface area (Å²) in [6, 6.07) is 0. The molecule has 0 saturated carbocycles. The molecule has 0 bridgehead atoms. The van der Waals surface area contributed by atoms with E-state index in [-0.39, 0.29) is 0 Å². The molecule has 2 heterocycles. The molecule has 0 aliphatic heterocycles. The van der Waals surface area contributed by atoms with Gasteiger partial charge in [0.25, 0.3) is 0 Å². The Morgan fingerprint density at radius 1 is 1.38 bits per heavy atom. The molecule has 0 aliphatic carbocycles. The summed E-state index contributed by atoms with van der Waals surface area (Å²) in [6.45, 7) is 1.89. The smallest absolute Gasteiger partial charge is 0.170 e. The fourth-order valence-corrected chi connectivity index (χ4v) is 2.57. The predicted octanol–water partition coefficient (Wildman–Crippen LogP) is 1.97. The number of aryl methyl sites for hydroxylation is 1. The molecule has 2 rings (SSSR count). The molecule has 2 aromatic heterocycles. The Hall–Kier alpha value is -1.21. The quantitative estimate of drug-likeness (QED) is 0.840. The van der Waals surface area contributed by atoms with Gasteiger partial charge >= 0.3 is 0 Å². The van der Waals surface area contributed by atoms with Crippen LogP contribution in [0.2, 0.25) is 0 Å². The maximum Gasteiger partial charge on any atom is 0.170 e. The van der Waals surface area contributed by atoms with Crippen LogP contribution in [0.1, 0.15) is 11.5 Å². The number of hydrogen-bond acceptors (Lipinski definition) is 7. The molecule has 0 aliphatic rings. The van der Waals surface area contributed by atoms with Gasteiger partial charge in [-0.25, -0.2) is 9.97 Å². The van der Waals surface area contributed by atoms with Crippen LogP contribution in [-0.4, -0.2) is 26.4 Å². The number of aromatic nitrogens is 4. The summed E-state index contributed by atoms with van der Waals surface area (Å²) in [7, 11) is 1.82. The summed E-state index contributed by atoms with van der Waals surface area (Å²) >= 11 is 3.05. The van der Waals surface area contributed by atoms with Gasteiger partial charge < -0.3 is 5.32 Å². The Bertz CT molecular complexity index is 453. The van der Waals surface area contributed by atoms with Crippen molar-refractivity contribution < 1.29 is 0 Å². The lowest BCUT2D eigenvalue weighted by Crippen LogP contribution is -1.95. The average molecular weight is 253 g/mol. The second kappa shape index (κ2) is 5.22. The number of anilines is 1. The molecule has 84 valence electrons. The summed E-state index contributed by atoms with van der Waals surface area (Å²) in [4.78, 5) is 12.7. The molecule has 0 saturated heterocycles. The van der Waals surface area contributed by atoms with E-state index in [1.54, 1.807) is 24.2 Å². The lowest BCUT2D eigenvalue weighted by atomic mass is 10.5. The summed E-state index contributed by atoms with van der Waals surface area (Å²) in [5.74, 6) is 2.37. The summed E-state index contributed by atoms with van der Waals surface area (Å²) in [5, 5.41) is 2.93. The van der Waals surface area contributed by atoms with Crippen molar-refractivity contribution in [1.29, 1.82) is 0 Å². The van der Waals surface area contributed by atoms with Crippen molar-refractivity contribution in [2.45, 2.75) is 17.0 Å². The Kier molecular flexibility index (Phi) is 3.68. The summed E-state index contributed by atoms with van der Waals surface area (Å²) < 4.78 is 5.09. The molecular weight excluding hydrogens is 242 g/mol. The topological polar surface area (TPSA) is 63.6 Å². The van der Waals surface area contributed by atoms with Crippen molar-refractivity contribution in [3.05, 3.63) is 23.9 Å². The Morgan fingerprint density at radius 2 is 2.25 bits per heavy atom. The second-order valence-electron chi connectivity index (χ2n) is 3.04. The van der Waals surface area contributed by atoms with Gasteiger partial charge in [0.05, 0.1) is 18.1 Å². The Labute approximate surface area is 102 Å². The highest BCUT2D eigenvalue weighted by Gasteiger charge is 2.03. The van der Waals surface area contributed by atoms with E-state index >= 15 is 0 Å². The van der Waals surface area contributed by atoms with E-state index in [1.165, 1.54) is 11.5 Å². The molecule has 1 N–H and O–H groups in total. The molecule has 16 heavy (non-hydrogen) atoms. The maximum absolute atomic E-state index is 4.28. The van der Waals surface area contributed by atoms with Gasteiger partial charge in [0.2, 0.25) is 0 Å². The van der Waals surface area contributed by atoms with Crippen molar-refractivity contribution in [2.24, 2.45) is 0 Å². The van der Waals surface area contributed by atoms with Gasteiger partial charge in [-0.15, -0.1) is 0 Å². The van der Waals surface area contributed by atoms with Crippen LogP contribution in [-0.2, 0) is 5.75 Å². The van der Waals surface area contributed by atoms with E-state index in [2.05, 4.69) is 24.6 Å². The zero-order valence-electron chi connectivity index (χ0n) is 8.97. The van der Waals surface area contributed by atoms with Crippen molar-refractivity contribution in [3.8, 4) is 0 Å². The highest BCUT2D eigenvalue weighted by Crippen LogP contribution is 2.23. The van der Waals surface area contributed by atoms with E-state index in [0.29, 0.717) is 0 Å². The molecule has 0 radical (unpaired) electrons. The van der Waals surface area contributed by atoms with Gasteiger partial charge in [0.15, 0.2) is 4.34 Å². The average Bonchev–Trinajstić information content (AvgIpc) is 2.73. The van der Waals surface area contributed by atoms with Crippen LogP contribution in [0.5, 0.6) is 0 Å². The zero-order valence-corrected chi connectivity index (χ0v) is 10.6. The summed E-state index contributed by atoms with van der Waals surface area (Å²) in [5.41, 5.74) is 0.942. The van der Waals surface area contributed by atoms with Crippen LogP contribution in [0.15, 0.2) is 16.7 Å². The van der Waals surface area contributed by atoms with Crippen LogP contribution >= 0.6 is 23.3 Å². The maximum atomic E-state index is 4.28. The summed E-state index contributed by atoms with van der Waals surface area (Å²) in [6.07, 6.45) is 3.49. The number of hydrogen-bond donors (Lipinski definition) is 1. The van der Waals surface area contributed by atoms with E-state index in [1.807, 2.05) is 14.0 Å². The van der Waals surface area contributed by atoms with Crippen LogP contribution in [0.3, 0.4) is 0 Å². The minimum atomic E-state index is 0.769. The third-order valence-electron chi connectivity index (χ3n) is 1.81.